The molecule has 5 nitrogen and oxygen atoms in total. The average molecular weight is 451 g/mol. The van der Waals surface area contributed by atoms with Gasteiger partial charge >= 0.3 is 6.61 Å². The van der Waals surface area contributed by atoms with Crippen molar-refractivity contribution in [1.29, 1.82) is 0 Å². The molecule has 0 aliphatic heterocycles. The first kappa shape index (κ1) is 20.0. The Hall–Kier alpha value is -2.74. The van der Waals surface area contributed by atoms with Crippen LogP contribution in [-0.2, 0) is 4.79 Å². The number of hydrogen-bond donors (Lipinski definition) is 2. The zero-order valence-corrected chi connectivity index (χ0v) is 16.2. The van der Waals surface area contributed by atoms with Crippen LogP contribution in [0.2, 0.25) is 0 Å². The fraction of sp³-hybridized carbons (Fsp3) is 0.200. The van der Waals surface area contributed by atoms with Gasteiger partial charge in [0.05, 0.1) is 11.3 Å². The number of hydrogen-bond acceptors (Lipinski definition) is 3. The lowest BCUT2D eigenvalue weighted by Gasteiger charge is -2.10. The van der Waals surface area contributed by atoms with Crippen molar-refractivity contribution >= 4 is 39.5 Å². The third kappa shape index (κ3) is 5.63. The van der Waals surface area contributed by atoms with Crippen molar-refractivity contribution in [2.45, 2.75) is 25.5 Å². The Morgan fingerprint density at radius 3 is 2.64 bits per heavy atom. The number of alkyl halides is 2. The van der Waals surface area contributed by atoms with Gasteiger partial charge in [-0.1, -0.05) is 28.1 Å². The van der Waals surface area contributed by atoms with Gasteiger partial charge in [-0.05, 0) is 49.2 Å². The number of carbonyl (C=O) groups excluding carboxylic acids is 2. The van der Waals surface area contributed by atoms with E-state index in [9.17, 15) is 18.4 Å². The molecule has 0 spiro atoms. The Morgan fingerprint density at radius 1 is 1.18 bits per heavy atom. The van der Waals surface area contributed by atoms with E-state index in [2.05, 4.69) is 31.3 Å². The zero-order chi connectivity index (χ0) is 20.1. The molecular formula is C20H17BrF2N2O3. The van der Waals surface area contributed by atoms with Gasteiger partial charge in [-0.3, -0.25) is 9.59 Å². The van der Waals surface area contributed by atoms with Crippen molar-refractivity contribution in [2.75, 3.05) is 5.32 Å². The molecule has 146 valence electrons. The van der Waals surface area contributed by atoms with E-state index in [0.717, 1.165) is 12.8 Å². The fourth-order valence-electron chi connectivity index (χ4n) is 2.47. The van der Waals surface area contributed by atoms with Gasteiger partial charge in [-0.15, -0.1) is 0 Å². The zero-order valence-electron chi connectivity index (χ0n) is 14.6. The highest BCUT2D eigenvalue weighted by molar-refractivity contribution is 9.10. The molecule has 1 fully saturated rings. The number of amides is 2. The average Bonchev–Trinajstić information content (AvgIpc) is 3.46. The van der Waals surface area contributed by atoms with E-state index in [1.165, 1.54) is 18.2 Å². The molecule has 2 aromatic rings. The van der Waals surface area contributed by atoms with Crippen molar-refractivity contribution in [3.63, 3.8) is 0 Å². The van der Waals surface area contributed by atoms with Gasteiger partial charge in [0.1, 0.15) is 5.75 Å². The van der Waals surface area contributed by atoms with Gasteiger partial charge in [0.2, 0.25) is 5.91 Å². The molecule has 0 radical (unpaired) electrons. The Labute approximate surface area is 168 Å². The minimum Gasteiger partial charge on any atom is -0.434 e. The Kier molecular flexibility index (Phi) is 6.41. The lowest BCUT2D eigenvalue weighted by molar-refractivity contribution is -0.111. The van der Waals surface area contributed by atoms with Gasteiger partial charge in [-0.2, -0.15) is 8.78 Å². The molecule has 0 unspecified atom stereocenters. The number of anilines is 1. The van der Waals surface area contributed by atoms with Crippen LogP contribution in [0.1, 0.15) is 28.8 Å². The number of carbonyl (C=O) groups is 2. The summed E-state index contributed by atoms with van der Waals surface area (Å²) in [5.41, 5.74) is 1.04. The third-order valence-corrected chi connectivity index (χ3v) is 4.44. The molecule has 1 saturated carbocycles. The maximum absolute atomic E-state index is 12.5. The maximum atomic E-state index is 12.5. The van der Waals surface area contributed by atoms with Crippen LogP contribution in [0.15, 0.2) is 53.0 Å². The molecule has 28 heavy (non-hydrogen) atoms. The van der Waals surface area contributed by atoms with E-state index in [4.69, 9.17) is 0 Å². The molecule has 0 heterocycles. The van der Waals surface area contributed by atoms with Gasteiger partial charge in [0.25, 0.3) is 5.91 Å². The summed E-state index contributed by atoms with van der Waals surface area (Å²) in [4.78, 5) is 24.6. The summed E-state index contributed by atoms with van der Waals surface area (Å²) in [5.74, 6) is -0.803. The summed E-state index contributed by atoms with van der Waals surface area (Å²) in [6, 6.07) is 11.4. The molecule has 1 aliphatic carbocycles. The minimum absolute atomic E-state index is 0.0496. The smallest absolute Gasteiger partial charge is 0.387 e. The number of ether oxygens (including phenoxy) is 1. The highest BCUT2D eigenvalue weighted by Gasteiger charge is 2.24. The highest BCUT2D eigenvalue weighted by Crippen LogP contribution is 2.26. The molecule has 1 aliphatic rings. The van der Waals surface area contributed by atoms with Crippen LogP contribution in [0.3, 0.4) is 0 Å². The number of para-hydroxylation sites is 1. The van der Waals surface area contributed by atoms with Crippen LogP contribution in [0.4, 0.5) is 14.5 Å². The van der Waals surface area contributed by atoms with Crippen LogP contribution in [-0.4, -0.2) is 24.5 Å². The summed E-state index contributed by atoms with van der Waals surface area (Å²) in [6.45, 7) is -2.97. The first-order valence-corrected chi connectivity index (χ1v) is 9.35. The highest BCUT2D eigenvalue weighted by atomic mass is 79.9. The molecule has 3 rings (SSSR count). The van der Waals surface area contributed by atoms with Crippen LogP contribution >= 0.6 is 15.9 Å². The minimum atomic E-state index is -2.97. The van der Waals surface area contributed by atoms with E-state index in [1.54, 1.807) is 36.4 Å². The lowest BCUT2D eigenvalue weighted by Crippen LogP contribution is -2.26. The molecule has 0 atom stereocenters. The quantitative estimate of drug-likeness (QED) is 0.605. The standard InChI is InChI=1S/C20H17BrF2N2O3/c21-13-6-9-17(28-20(22)23)12(11-13)5-10-18(26)25-16-4-2-1-3-15(16)19(27)24-14-7-8-14/h1-6,9-11,14,20H,7-8H2,(H,24,27)(H,25,26)/b10-5+. The second kappa shape index (κ2) is 8.97. The van der Waals surface area contributed by atoms with E-state index in [0.29, 0.717) is 21.3 Å². The second-order valence-electron chi connectivity index (χ2n) is 6.18. The molecule has 8 heteroatoms. The Balaban J connectivity index is 1.73. The SMILES string of the molecule is O=C(/C=C/c1cc(Br)ccc1OC(F)F)Nc1ccccc1C(=O)NC1CC1. The summed E-state index contributed by atoms with van der Waals surface area (Å²) < 4.78 is 30.2. The molecule has 2 amide bonds. The van der Waals surface area contributed by atoms with Crippen LogP contribution in [0.25, 0.3) is 6.08 Å². The van der Waals surface area contributed by atoms with Crippen molar-refractivity contribution in [1.82, 2.24) is 5.32 Å². The van der Waals surface area contributed by atoms with E-state index in [1.807, 2.05) is 0 Å². The molecule has 0 bridgehead atoms. The molecule has 0 aromatic heterocycles. The number of rotatable bonds is 7. The van der Waals surface area contributed by atoms with Crippen molar-refractivity contribution in [2.24, 2.45) is 0 Å². The van der Waals surface area contributed by atoms with Crippen LogP contribution < -0.4 is 15.4 Å². The Morgan fingerprint density at radius 2 is 1.93 bits per heavy atom. The van der Waals surface area contributed by atoms with E-state index >= 15 is 0 Å². The molecule has 2 aromatic carbocycles. The van der Waals surface area contributed by atoms with Crippen LogP contribution in [0, 0.1) is 0 Å². The monoisotopic (exact) mass is 450 g/mol. The summed E-state index contributed by atoms with van der Waals surface area (Å²) in [7, 11) is 0. The summed E-state index contributed by atoms with van der Waals surface area (Å²) in [6.07, 6.45) is 4.47. The predicted octanol–water partition coefficient (Wildman–Crippen LogP) is 4.59. The fourth-order valence-corrected chi connectivity index (χ4v) is 2.85. The molecule has 2 N–H and O–H groups in total. The van der Waals surface area contributed by atoms with E-state index < -0.39 is 12.5 Å². The molecular weight excluding hydrogens is 434 g/mol. The lowest BCUT2D eigenvalue weighted by atomic mass is 10.1. The largest absolute Gasteiger partial charge is 0.434 e. The van der Waals surface area contributed by atoms with Crippen LogP contribution in [0.5, 0.6) is 5.75 Å². The molecule has 0 saturated heterocycles. The summed E-state index contributed by atoms with van der Waals surface area (Å²) in [5, 5.41) is 5.52. The third-order valence-electron chi connectivity index (χ3n) is 3.94. The first-order chi connectivity index (χ1) is 13.4. The predicted molar refractivity (Wildman–Crippen MR) is 105 cm³/mol. The number of halogens is 3. The van der Waals surface area contributed by atoms with Crippen molar-refractivity contribution < 1.29 is 23.1 Å². The second-order valence-corrected chi connectivity index (χ2v) is 7.09. The van der Waals surface area contributed by atoms with Gasteiger partial charge in [-0.25, -0.2) is 0 Å². The van der Waals surface area contributed by atoms with Gasteiger partial charge in [0.15, 0.2) is 0 Å². The van der Waals surface area contributed by atoms with Crippen molar-refractivity contribution in [3.8, 4) is 5.75 Å². The van der Waals surface area contributed by atoms with Crippen molar-refractivity contribution in [3.05, 3.63) is 64.1 Å². The normalized spacial score (nSPS) is 13.6. The van der Waals surface area contributed by atoms with Gasteiger partial charge < -0.3 is 15.4 Å². The first-order valence-electron chi connectivity index (χ1n) is 8.55. The number of nitrogens with one attached hydrogen (secondary N) is 2. The maximum Gasteiger partial charge on any atom is 0.387 e. The Bertz CT molecular complexity index is 914. The van der Waals surface area contributed by atoms with E-state index in [-0.39, 0.29) is 17.7 Å². The number of benzene rings is 2. The topological polar surface area (TPSA) is 67.4 Å². The van der Waals surface area contributed by atoms with Gasteiger partial charge in [0, 0.05) is 22.2 Å². The summed E-state index contributed by atoms with van der Waals surface area (Å²) >= 11 is 3.25.